The first-order valence-electron chi connectivity index (χ1n) is 17.8. The SMILES string of the molecule is CCCCCCNCN(CCCCC)C(=O)c1ccc(-c2ccc(C(=O)N(CCCCC)CNCCCCCC)cc2)cc1. The highest BCUT2D eigenvalue weighted by Crippen LogP contribution is 2.22. The Morgan fingerprint density at radius 3 is 1.16 bits per heavy atom. The van der Waals surface area contributed by atoms with Gasteiger partial charge in [0.25, 0.3) is 11.8 Å². The lowest BCUT2D eigenvalue weighted by atomic mass is 10.0. The summed E-state index contributed by atoms with van der Waals surface area (Å²) in [6, 6.07) is 15.8. The molecule has 246 valence electrons. The standard InChI is InChI=1S/C38H62N4O2/c1-5-9-13-15-27-39-31-41(29-17-11-7-3)37(43)35-23-19-33(20-24-35)34-21-25-36(26-22-34)38(44)42(30-18-12-8-4)32-40-28-16-14-10-6-2/h19-26,39-40H,5-18,27-32H2,1-4H3. The number of hydrogen-bond donors (Lipinski definition) is 2. The van der Waals surface area contributed by atoms with E-state index in [0.717, 1.165) is 99.8 Å². The predicted octanol–water partition coefficient (Wildman–Crippen LogP) is 8.87. The molecular weight excluding hydrogens is 544 g/mol. The molecular formula is C38H62N4O2. The number of hydrogen-bond acceptors (Lipinski definition) is 4. The van der Waals surface area contributed by atoms with Crippen molar-refractivity contribution in [3.05, 3.63) is 59.7 Å². The van der Waals surface area contributed by atoms with E-state index in [1.165, 1.54) is 38.5 Å². The van der Waals surface area contributed by atoms with Gasteiger partial charge in [-0.25, -0.2) is 0 Å². The fourth-order valence-corrected chi connectivity index (χ4v) is 5.37. The number of nitrogens with zero attached hydrogens (tertiary/aromatic N) is 2. The fraction of sp³-hybridized carbons (Fsp3) is 0.632. The van der Waals surface area contributed by atoms with Gasteiger partial charge in [0.2, 0.25) is 0 Å². The molecule has 0 aliphatic rings. The number of carbonyl (C=O) groups is 2. The molecule has 0 unspecified atom stereocenters. The van der Waals surface area contributed by atoms with Gasteiger partial charge < -0.3 is 9.80 Å². The number of benzene rings is 2. The lowest BCUT2D eigenvalue weighted by molar-refractivity contribution is 0.0731. The van der Waals surface area contributed by atoms with E-state index < -0.39 is 0 Å². The first-order chi connectivity index (χ1) is 21.5. The van der Waals surface area contributed by atoms with Crippen molar-refractivity contribution in [2.24, 2.45) is 0 Å². The number of amides is 2. The van der Waals surface area contributed by atoms with E-state index in [-0.39, 0.29) is 11.8 Å². The Balaban J connectivity index is 2.01. The largest absolute Gasteiger partial charge is 0.326 e. The Kier molecular flexibility index (Phi) is 20.2. The van der Waals surface area contributed by atoms with Gasteiger partial charge in [0.1, 0.15) is 0 Å². The normalized spacial score (nSPS) is 11.1. The first-order valence-corrected chi connectivity index (χ1v) is 17.8. The van der Waals surface area contributed by atoms with Crippen LogP contribution in [0.4, 0.5) is 0 Å². The van der Waals surface area contributed by atoms with Crippen LogP contribution in [0.25, 0.3) is 11.1 Å². The third kappa shape index (κ3) is 14.4. The molecule has 0 atom stereocenters. The smallest absolute Gasteiger partial charge is 0.254 e. The van der Waals surface area contributed by atoms with Gasteiger partial charge in [-0.2, -0.15) is 0 Å². The number of rotatable bonds is 25. The van der Waals surface area contributed by atoms with E-state index in [1.807, 2.05) is 58.3 Å². The molecule has 2 amide bonds. The van der Waals surface area contributed by atoms with E-state index in [0.29, 0.717) is 13.3 Å². The van der Waals surface area contributed by atoms with E-state index in [9.17, 15) is 9.59 Å². The summed E-state index contributed by atoms with van der Waals surface area (Å²) in [6.45, 7) is 13.5. The molecule has 0 aromatic heterocycles. The molecule has 6 heteroatoms. The van der Waals surface area contributed by atoms with E-state index in [4.69, 9.17) is 0 Å². The molecule has 0 bridgehead atoms. The number of unbranched alkanes of at least 4 members (excludes halogenated alkanes) is 10. The summed E-state index contributed by atoms with van der Waals surface area (Å²) < 4.78 is 0. The molecule has 0 saturated heterocycles. The summed E-state index contributed by atoms with van der Waals surface area (Å²) in [6.07, 6.45) is 16.3. The molecule has 0 aliphatic heterocycles. The fourth-order valence-electron chi connectivity index (χ4n) is 5.37. The van der Waals surface area contributed by atoms with Crippen LogP contribution < -0.4 is 10.6 Å². The average Bonchev–Trinajstić information content (AvgIpc) is 3.06. The Morgan fingerprint density at radius 2 is 0.818 bits per heavy atom. The van der Waals surface area contributed by atoms with Crippen LogP contribution in [0.2, 0.25) is 0 Å². The summed E-state index contributed by atoms with van der Waals surface area (Å²) in [4.78, 5) is 30.7. The molecule has 44 heavy (non-hydrogen) atoms. The van der Waals surface area contributed by atoms with Crippen LogP contribution in [0.15, 0.2) is 48.5 Å². The van der Waals surface area contributed by atoms with Crippen LogP contribution in [-0.2, 0) is 0 Å². The second-order valence-electron chi connectivity index (χ2n) is 12.1. The highest BCUT2D eigenvalue weighted by molar-refractivity contribution is 5.95. The van der Waals surface area contributed by atoms with Gasteiger partial charge in [-0.3, -0.25) is 20.2 Å². The van der Waals surface area contributed by atoms with Crippen molar-refractivity contribution < 1.29 is 9.59 Å². The van der Waals surface area contributed by atoms with Crippen molar-refractivity contribution in [2.75, 3.05) is 39.5 Å². The Labute approximate surface area is 269 Å². The summed E-state index contributed by atoms with van der Waals surface area (Å²) in [5, 5.41) is 6.97. The molecule has 0 aliphatic carbocycles. The Morgan fingerprint density at radius 1 is 0.477 bits per heavy atom. The molecule has 0 heterocycles. The molecule has 2 aromatic carbocycles. The second kappa shape index (κ2) is 23.7. The Hall–Kier alpha value is -2.70. The maximum absolute atomic E-state index is 13.4. The predicted molar refractivity (Wildman–Crippen MR) is 187 cm³/mol. The molecule has 2 N–H and O–H groups in total. The zero-order valence-electron chi connectivity index (χ0n) is 28.5. The highest BCUT2D eigenvalue weighted by atomic mass is 16.2. The van der Waals surface area contributed by atoms with E-state index in [2.05, 4.69) is 38.3 Å². The summed E-state index contributed by atoms with van der Waals surface area (Å²) in [5.74, 6) is 0.161. The van der Waals surface area contributed by atoms with Gasteiger partial charge in [-0.15, -0.1) is 0 Å². The van der Waals surface area contributed by atoms with Crippen LogP contribution in [0.3, 0.4) is 0 Å². The van der Waals surface area contributed by atoms with Crippen molar-refractivity contribution in [3.63, 3.8) is 0 Å². The maximum Gasteiger partial charge on any atom is 0.254 e. The summed E-state index contributed by atoms with van der Waals surface area (Å²) >= 11 is 0. The van der Waals surface area contributed by atoms with Crippen LogP contribution in [0.1, 0.15) is 138 Å². The minimum absolute atomic E-state index is 0.0804. The zero-order valence-corrected chi connectivity index (χ0v) is 28.5. The molecule has 2 aromatic rings. The van der Waals surface area contributed by atoms with Gasteiger partial charge in [-0.05, 0) is 74.2 Å². The molecule has 0 fully saturated rings. The van der Waals surface area contributed by atoms with Crippen molar-refractivity contribution in [3.8, 4) is 11.1 Å². The van der Waals surface area contributed by atoms with Gasteiger partial charge >= 0.3 is 0 Å². The van der Waals surface area contributed by atoms with Crippen LogP contribution in [0.5, 0.6) is 0 Å². The van der Waals surface area contributed by atoms with Gasteiger partial charge in [-0.1, -0.05) is 116 Å². The van der Waals surface area contributed by atoms with Crippen molar-refractivity contribution in [1.29, 1.82) is 0 Å². The highest BCUT2D eigenvalue weighted by Gasteiger charge is 2.17. The van der Waals surface area contributed by atoms with Crippen molar-refractivity contribution >= 4 is 11.8 Å². The quantitative estimate of drug-likeness (QED) is 0.0875. The lowest BCUT2D eigenvalue weighted by Gasteiger charge is -2.24. The molecule has 0 saturated carbocycles. The molecule has 0 spiro atoms. The van der Waals surface area contributed by atoms with Gasteiger partial charge in [0.05, 0.1) is 13.3 Å². The van der Waals surface area contributed by atoms with Gasteiger partial charge in [0, 0.05) is 24.2 Å². The maximum atomic E-state index is 13.4. The second-order valence-corrected chi connectivity index (χ2v) is 12.1. The lowest BCUT2D eigenvalue weighted by Crippen LogP contribution is -2.40. The monoisotopic (exact) mass is 606 g/mol. The third-order valence-electron chi connectivity index (χ3n) is 8.25. The van der Waals surface area contributed by atoms with Gasteiger partial charge in [0.15, 0.2) is 0 Å². The van der Waals surface area contributed by atoms with Crippen molar-refractivity contribution in [1.82, 2.24) is 20.4 Å². The molecule has 6 nitrogen and oxygen atoms in total. The minimum Gasteiger partial charge on any atom is -0.326 e. The average molecular weight is 607 g/mol. The summed E-state index contributed by atoms with van der Waals surface area (Å²) in [7, 11) is 0. The third-order valence-corrected chi connectivity index (χ3v) is 8.25. The molecule has 0 radical (unpaired) electrons. The summed E-state index contributed by atoms with van der Waals surface area (Å²) in [5.41, 5.74) is 3.52. The van der Waals surface area contributed by atoms with E-state index in [1.54, 1.807) is 0 Å². The topological polar surface area (TPSA) is 64.7 Å². The first kappa shape index (κ1) is 37.5. The minimum atomic E-state index is 0.0804. The number of nitrogens with one attached hydrogen (secondary N) is 2. The van der Waals surface area contributed by atoms with Crippen LogP contribution >= 0.6 is 0 Å². The van der Waals surface area contributed by atoms with Crippen molar-refractivity contribution in [2.45, 2.75) is 118 Å². The van der Waals surface area contributed by atoms with Crippen LogP contribution in [0, 0.1) is 0 Å². The molecule has 2 rings (SSSR count). The van der Waals surface area contributed by atoms with Crippen LogP contribution in [-0.4, -0.2) is 61.1 Å². The van der Waals surface area contributed by atoms with E-state index >= 15 is 0 Å². The Bertz CT molecular complexity index is 939. The number of carbonyl (C=O) groups excluding carboxylic acids is 2. The zero-order chi connectivity index (χ0) is 31.8.